The van der Waals surface area contributed by atoms with Crippen molar-refractivity contribution in [2.45, 2.75) is 25.8 Å². The van der Waals surface area contributed by atoms with Crippen molar-refractivity contribution in [3.05, 3.63) is 0 Å². The number of hydrogen-bond acceptors (Lipinski definition) is 5. The van der Waals surface area contributed by atoms with Crippen LogP contribution in [0.25, 0.3) is 0 Å². The van der Waals surface area contributed by atoms with Gasteiger partial charge >= 0.3 is 11.9 Å². The van der Waals surface area contributed by atoms with E-state index in [0.29, 0.717) is 0 Å². The number of hydrogen-bond donors (Lipinski definition) is 5. The van der Waals surface area contributed by atoms with E-state index in [0.717, 1.165) is 0 Å². The molecule has 2 amide bonds. The zero-order valence-corrected chi connectivity index (χ0v) is 11.9. The summed E-state index contributed by atoms with van der Waals surface area (Å²) in [5.41, 5.74) is 0. The molecule has 0 aromatic rings. The molecular weight excluding hydrogens is 288 g/mol. The Hall–Kier alpha value is -1.77. The first-order valence-corrected chi connectivity index (χ1v) is 6.53. The Balaban J connectivity index is 4.21. The Morgan fingerprint density at radius 1 is 1.20 bits per heavy atom. The van der Waals surface area contributed by atoms with Gasteiger partial charge in [0.1, 0.15) is 12.6 Å². The fourth-order valence-electron chi connectivity index (χ4n) is 1.22. The number of nitrogens with one attached hydrogen (secondary N) is 2. The second-order valence-electron chi connectivity index (χ2n) is 4.19. The number of carboxylic acid groups (broad SMARTS) is 2. The van der Waals surface area contributed by atoms with Gasteiger partial charge < -0.3 is 20.8 Å². The molecule has 0 unspecified atom stereocenters. The zero-order valence-electron chi connectivity index (χ0n) is 11.0. The first-order chi connectivity index (χ1) is 9.27. The molecular formula is C11H18N2O6S. The second kappa shape index (κ2) is 9.18. The average Bonchev–Trinajstić information content (AvgIpc) is 2.38. The number of carbonyl (C=O) groups excluding carboxylic acids is 2. The van der Waals surface area contributed by atoms with E-state index in [-0.39, 0.29) is 18.6 Å². The molecule has 0 saturated carbocycles. The summed E-state index contributed by atoms with van der Waals surface area (Å²) in [7, 11) is 0. The molecule has 8 nitrogen and oxygen atoms in total. The summed E-state index contributed by atoms with van der Waals surface area (Å²) in [4.78, 5) is 44.0. The van der Waals surface area contributed by atoms with Gasteiger partial charge in [0.15, 0.2) is 0 Å². The maximum absolute atomic E-state index is 11.5. The summed E-state index contributed by atoms with van der Waals surface area (Å²) < 4.78 is 0. The molecule has 9 heteroatoms. The van der Waals surface area contributed by atoms with Crippen molar-refractivity contribution in [1.82, 2.24) is 10.6 Å². The smallest absolute Gasteiger partial charge is 0.322 e. The molecule has 2 atom stereocenters. The fraction of sp³-hybridized carbons (Fsp3) is 0.636. The molecule has 0 heterocycles. The van der Waals surface area contributed by atoms with Gasteiger partial charge in [-0.2, -0.15) is 12.6 Å². The van der Waals surface area contributed by atoms with Crippen LogP contribution in [0.5, 0.6) is 0 Å². The predicted octanol–water partition coefficient (Wildman–Crippen LogP) is -0.897. The highest BCUT2D eigenvalue weighted by atomic mass is 32.1. The van der Waals surface area contributed by atoms with E-state index in [4.69, 9.17) is 10.2 Å². The molecule has 0 aliphatic carbocycles. The normalized spacial score (nSPS) is 13.1. The quantitative estimate of drug-likeness (QED) is 0.351. The maximum Gasteiger partial charge on any atom is 0.322 e. The van der Waals surface area contributed by atoms with Gasteiger partial charge in [0, 0.05) is 12.2 Å². The number of amides is 2. The first kappa shape index (κ1) is 18.2. The summed E-state index contributed by atoms with van der Waals surface area (Å²) in [5.74, 6) is -3.98. The van der Waals surface area contributed by atoms with E-state index in [9.17, 15) is 19.2 Å². The van der Waals surface area contributed by atoms with Crippen LogP contribution in [0.15, 0.2) is 0 Å². The lowest BCUT2D eigenvalue weighted by Gasteiger charge is -2.16. The molecule has 0 radical (unpaired) electrons. The second-order valence-corrected chi connectivity index (χ2v) is 4.56. The van der Waals surface area contributed by atoms with E-state index in [1.165, 1.54) is 6.92 Å². The van der Waals surface area contributed by atoms with Crippen molar-refractivity contribution in [1.29, 1.82) is 0 Å². The largest absolute Gasteiger partial charge is 0.481 e. The monoisotopic (exact) mass is 306 g/mol. The van der Waals surface area contributed by atoms with Crippen LogP contribution in [-0.4, -0.2) is 52.3 Å². The van der Waals surface area contributed by atoms with Crippen LogP contribution in [0.2, 0.25) is 0 Å². The number of rotatable bonds is 9. The molecule has 0 rings (SSSR count). The van der Waals surface area contributed by atoms with Crippen molar-refractivity contribution in [3.63, 3.8) is 0 Å². The van der Waals surface area contributed by atoms with Crippen molar-refractivity contribution >= 4 is 36.4 Å². The van der Waals surface area contributed by atoms with Crippen LogP contribution in [0.3, 0.4) is 0 Å². The zero-order chi connectivity index (χ0) is 15.7. The minimum Gasteiger partial charge on any atom is -0.481 e. The summed E-state index contributed by atoms with van der Waals surface area (Å²) >= 11 is 3.90. The summed E-state index contributed by atoms with van der Waals surface area (Å²) in [5, 5.41) is 21.6. The van der Waals surface area contributed by atoms with E-state index in [2.05, 4.69) is 23.3 Å². The van der Waals surface area contributed by atoms with Gasteiger partial charge in [0.2, 0.25) is 11.8 Å². The van der Waals surface area contributed by atoms with Crippen molar-refractivity contribution in [2.75, 3.05) is 12.3 Å². The van der Waals surface area contributed by atoms with Gasteiger partial charge in [-0.25, -0.2) is 0 Å². The van der Waals surface area contributed by atoms with Gasteiger partial charge in [0.05, 0.1) is 5.92 Å². The minimum absolute atomic E-state index is 0.00563. The van der Waals surface area contributed by atoms with E-state index < -0.39 is 42.3 Å². The standard InChI is InChI=1S/C11H18N2O6S/c1-6(11(18)19)2-3-8(14)13-7(5-20)10(17)12-4-9(15)16/h6-7,20H,2-5H2,1H3,(H,12,17)(H,13,14)(H,15,16)(H,18,19)/t6-,7-/m0/s1. The lowest BCUT2D eigenvalue weighted by Crippen LogP contribution is -2.49. The summed E-state index contributed by atoms with van der Waals surface area (Å²) in [6.07, 6.45) is 0.112. The third-order valence-corrected chi connectivity index (χ3v) is 2.84. The van der Waals surface area contributed by atoms with E-state index in [1.807, 2.05) is 0 Å². The molecule has 114 valence electrons. The molecule has 0 aliphatic heterocycles. The summed E-state index contributed by atoms with van der Waals surface area (Å²) in [6, 6.07) is -0.953. The molecule has 20 heavy (non-hydrogen) atoms. The van der Waals surface area contributed by atoms with Crippen molar-refractivity contribution in [3.8, 4) is 0 Å². The maximum atomic E-state index is 11.5. The Morgan fingerprint density at radius 2 is 1.80 bits per heavy atom. The van der Waals surface area contributed by atoms with Crippen LogP contribution in [-0.2, 0) is 19.2 Å². The van der Waals surface area contributed by atoms with Crippen molar-refractivity contribution in [2.24, 2.45) is 5.92 Å². The van der Waals surface area contributed by atoms with Gasteiger partial charge in [-0.3, -0.25) is 19.2 Å². The lowest BCUT2D eigenvalue weighted by molar-refractivity contribution is -0.141. The number of thiol groups is 1. The van der Waals surface area contributed by atoms with Gasteiger partial charge in [0.25, 0.3) is 0 Å². The lowest BCUT2D eigenvalue weighted by atomic mass is 10.1. The third kappa shape index (κ3) is 7.62. The van der Waals surface area contributed by atoms with Crippen LogP contribution in [0.4, 0.5) is 0 Å². The van der Waals surface area contributed by atoms with Gasteiger partial charge in [-0.1, -0.05) is 6.92 Å². The minimum atomic E-state index is -1.20. The third-order valence-electron chi connectivity index (χ3n) is 2.47. The van der Waals surface area contributed by atoms with Crippen molar-refractivity contribution < 1.29 is 29.4 Å². The molecule has 0 fully saturated rings. The highest BCUT2D eigenvalue weighted by Crippen LogP contribution is 2.05. The molecule has 0 aliphatic rings. The number of carbonyl (C=O) groups is 4. The average molecular weight is 306 g/mol. The van der Waals surface area contributed by atoms with Gasteiger partial charge in [-0.05, 0) is 6.42 Å². The Morgan fingerprint density at radius 3 is 2.25 bits per heavy atom. The molecule has 0 aromatic heterocycles. The van der Waals surface area contributed by atoms with Gasteiger partial charge in [-0.15, -0.1) is 0 Å². The van der Waals surface area contributed by atoms with Crippen LogP contribution in [0.1, 0.15) is 19.8 Å². The Labute approximate surface area is 121 Å². The summed E-state index contributed by atoms with van der Waals surface area (Å²) in [6.45, 7) is 0.931. The van der Waals surface area contributed by atoms with E-state index in [1.54, 1.807) is 0 Å². The highest BCUT2D eigenvalue weighted by molar-refractivity contribution is 7.80. The molecule has 0 saturated heterocycles. The Bertz CT molecular complexity index is 387. The SMILES string of the molecule is C[C@@H](CCC(=O)N[C@@H](CS)C(=O)NCC(=O)O)C(=O)O. The first-order valence-electron chi connectivity index (χ1n) is 5.90. The predicted molar refractivity (Wildman–Crippen MR) is 72.5 cm³/mol. The molecule has 0 aromatic carbocycles. The van der Waals surface area contributed by atoms with Crippen LogP contribution in [0, 0.1) is 5.92 Å². The highest BCUT2D eigenvalue weighted by Gasteiger charge is 2.20. The topological polar surface area (TPSA) is 133 Å². The van der Waals surface area contributed by atoms with Crippen LogP contribution < -0.4 is 10.6 Å². The Kier molecular flexibility index (Phi) is 8.37. The molecule has 4 N–H and O–H groups in total. The fourth-order valence-corrected chi connectivity index (χ4v) is 1.47. The number of aliphatic carboxylic acids is 2. The molecule has 0 bridgehead atoms. The van der Waals surface area contributed by atoms with Crippen LogP contribution >= 0.6 is 12.6 Å². The molecule has 0 spiro atoms. The number of carboxylic acids is 2. The van der Waals surface area contributed by atoms with E-state index >= 15 is 0 Å².